The quantitative estimate of drug-likeness (QED) is 0.630. The molecule has 7 heteroatoms. The first kappa shape index (κ1) is 18.6. The number of benzene rings is 2. The Balaban J connectivity index is 1.61. The molecule has 2 amide bonds. The second kappa shape index (κ2) is 8.47. The summed E-state index contributed by atoms with van der Waals surface area (Å²) in [5.41, 5.74) is 3.05. The van der Waals surface area contributed by atoms with E-state index in [1.807, 2.05) is 0 Å². The normalized spacial score (nSPS) is 9.86. The standard InChI is InChI=1S/C21H17N5O2/c1-14(27)24-17-7-9-19(10-8-17)26-21(28)16-4-11-20(23-13-16)25-18-5-2-15(12-22)3-6-18/h2-11,13H,1H3,(H,23,25)(H,24,27)(H,26,28). The first-order valence-electron chi connectivity index (χ1n) is 8.46. The summed E-state index contributed by atoms with van der Waals surface area (Å²) in [6.07, 6.45) is 1.48. The van der Waals surface area contributed by atoms with E-state index in [-0.39, 0.29) is 11.8 Å². The minimum Gasteiger partial charge on any atom is -0.340 e. The molecule has 0 saturated carbocycles. The molecule has 1 heterocycles. The van der Waals surface area contributed by atoms with Gasteiger partial charge in [0, 0.05) is 30.2 Å². The van der Waals surface area contributed by atoms with Crippen LogP contribution in [0.4, 0.5) is 22.9 Å². The number of hydrogen-bond donors (Lipinski definition) is 3. The predicted octanol–water partition coefficient (Wildman–Crippen LogP) is 3.91. The van der Waals surface area contributed by atoms with Crippen LogP contribution in [0, 0.1) is 11.3 Å². The van der Waals surface area contributed by atoms with Crippen molar-refractivity contribution in [3.63, 3.8) is 0 Å². The molecule has 0 aliphatic rings. The maximum atomic E-state index is 12.3. The Bertz CT molecular complexity index is 1020. The first-order chi connectivity index (χ1) is 13.5. The van der Waals surface area contributed by atoms with E-state index in [1.54, 1.807) is 60.7 Å². The van der Waals surface area contributed by atoms with E-state index in [2.05, 4.69) is 27.0 Å². The Morgan fingerprint density at radius 1 is 0.857 bits per heavy atom. The highest BCUT2D eigenvalue weighted by Crippen LogP contribution is 2.17. The lowest BCUT2D eigenvalue weighted by atomic mass is 10.2. The van der Waals surface area contributed by atoms with Crippen LogP contribution in [0.5, 0.6) is 0 Å². The number of nitrogens with one attached hydrogen (secondary N) is 3. The Morgan fingerprint density at radius 3 is 2.00 bits per heavy atom. The molecule has 7 nitrogen and oxygen atoms in total. The van der Waals surface area contributed by atoms with Gasteiger partial charge in [-0.1, -0.05) is 0 Å². The largest absolute Gasteiger partial charge is 0.340 e. The SMILES string of the molecule is CC(=O)Nc1ccc(NC(=O)c2ccc(Nc3ccc(C#N)cc3)nc2)cc1. The number of anilines is 4. The first-order valence-corrected chi connectivity index (χ1v) is 8.46. The molecule has 28 heavy (non-hydrogen) atoms. The van der Waals surface area contributed by atoms with E-state index in [9.17, 15) is 9.59 Å². The van der Waals surface area contributed by atoms with Crippen LogP contribution in [0.2, 0.25) is 0 Å². The summed E-state index contributed by atoms with van der Waals surface area (Å²) in [4.78, 5) is 27.6. The van der Waals surface area contributed by atoms with Gasteiger partial charge in [-0.05, 0) is 60.7 Å². The molecule has 0 atom stereocenters. The van der Waals surface area contributed by atoms with Crippen LogP contribution >= 0.6 is 0 Å². The summed E-state index contributed by atoms with van der Waals surface area (Å²) < 4.78 is 0. The molecular weight excluding hydrogens is 354 g/mol. The summed E-state index contributed by atoms with van der Waals surface area (Å²) in [7, 11) is 0. The Labute approximate surface area is 162 Å². The molecule has 138 valence electrons. The molecule has 0 saturated heterocycles. The van der Waals surface area contributed by atoms with Crippen LogP contribution in [0.3, 0.4) is 0 Å². The fraction of sp³-hybridized carbons (Fsp3) is 0.0476. The van der Waals surface area contributed by atoms with Crippen molar-refractivity contribution in [2.24, 2.45) is 0 Å². The molecule has 0 aliphatic heterocycles. The zero-order valence-electron chi connectivity index (χ0n) is 15.1. The molecule has 3 rings (SSSR count). The maximum Gasteiger partial charge on any atom is 0.257 e. The summed E-state index contributed by atoms with van der Waals surface area (Å²) in [5.74, 6) is 0.142. The van der Waals surface area contributed by atoms with Gasteiger partial charge in [0.2, 0.25) is 5.91 Å². The van der Waals surface area contributed by atoms with Crippen LogP contribution < -0.4 is 16.0 Å². The van der Waals surface area contributed by atoms with Gasteiger partial charge in [0.05, 0.1) is 17.2 Å². The van der Waals surface area contributed by atoms with Crippen molar-refractivity contribution < 1.29 is 9.59 Å². The lowest BCUT2D eigenvalue weighted by Crippen LogP contribution is -2.12. The number of aromatic nitrogens is 1. The van der Waals surface area contributed by atoms with Crippen LogP contribution in [0.15, 0.2) is 66.9 Å². The zero-order chi connectivity index (χ0) is 19.9. The van der Waals surface area contributed by atoms with Gasteiger partial charge in [0.25, 0.3) is 5.91 Å². The van der Waals surface area contributed by atoms with Crippen molar-refractivity contribution in [2.45, 2.75) is 6.92 Å². The molecule has 3 aromatic rings. The van der Waals surface area contributed by atoms with Crippen molar-refractivity contribution in [2.75, 3.05) is 16.0 Å². The molecule has 0 fully saturated rings. The van der Waals surface area contributed by atoms with Crippen LogP contribution in [0.1, 0.15) is 22.8 Å². The van der Waals surface area contributed by atoms with E-state index in [1.165, 1.54) is 13.1 Å². The maximum absolute atomic E-state index is 12.3. The van der Waals surface area contributed by atoms with E-state index >= 15 is 0 Å². The molecule has 1 aromatic heterocycles. The highest BCUT2D eigenvalue weighted by Gasteiger charge is 2.07. The molecule has 3 N–H and O–H groups in total. The smallest absolute Gasteiger partial charge is 0.257 e. The van der Waals surface area contributed by atoms with Crippen LogP contribution in [-0.2, 0) is 4.79 Å². The minimum absolute atomic E-state index is 0.155. The van der Waals surface area contributed by atoms with E-state index < -0.39 is 0 Å². The lowest BCUT2D eigenvalue weighted by Gasteiger charge is -2.08. The van der Waals surface area contributed by atoms with E-state index in [0.29, 0.717) is 28.3 Å². The summed E-state index contributed by atoms with van der Waals surface area (Å²) in [6, 6.07) is 19.2. The van der Waals surface area contributed by atoms with Gasteiger partial charge in [0.1, 0.15) is 5.82 Å². The van der Waals surface area contributed by atoms with Gasteiger partial charge >= 0.3 is 0 Å². The molecule has 2 aromatic carbocycles. The van der Waals surface area contributed by atoms with E-state index in [4.69, 9.17) is 5.26 Å². The Kier molecular flexibility index (Phi) is 5.63. The number of nitriles is 1. The van der Waals surface area contributed by atoms with Crippen LogP contribution in [-0.4, -0.2) is 16.8 Å². The topological polar surface area (TPSA) is 107 Å². The van der Waals surface area contributed by atoms with Gasteiger partial charge in [-0.25, -0.2) is 4.98 Å². The molecule has 0 bridgehead atoms. The summed E-state index contributed by atoms with van der Waals surface area (Å²) in [5, 5.41) is 17.4. The highest BCUT2D eigenvalue weighted by atomic mass is 16.2. The van der Waals surface area contributed by atoms with Gasteiger partial charge < -0.3 is 16.0 Å². The van der Waals surface area contributed by atoms with Gasteiger partial charge in [-0.3, -0.25) is 9.59 Å². The number of rotatable bonds is 5. The Hall–Kier alpha value is -4.18. The average molecular weight is 371 g/mol. The monoisotopic (exact) mass is 371 g/mol. The number of hydrogen-bond acceptors (Lipinski definition) is 5. The van der Waals surface area contributed by atoms with Crippen molar-refractivity contribution >= 4 is 34.7 Å². The number of pyridine rings is 1. The fourth-order valence-corrected chi connectivity index (χ4v) is 2.42. The molecule has 0 radical (unpaired) electrons. The number of carbonyl (C=O) groups is 2. The molecule has 0 spiro atoms. The minimum atomic E-state index is -0.287. The number of nitrogens with zero attached hydrogens (tertiary/aromatic N) is 2. The third-order valence-electron chi connectivity index (χ3n) is 3.78. The zero-order valence-corrected chi connectivity index (χ0v) is 15.1. The third kappa shape index (κ3) is 4.93. The van der Waals surface area contributed by atoms with Crippen molar-refractivity contribution in [1.82, 2.24) is 4.98 Å². The van der Waals surface area contributed by atoms with Gasteiger partial charge in [-0.2, -0.15) is 5.26 Å². The van der Waals surface area contributed by atoms with E-state index in [0.717, 1.165) is 5.69 Å². The van der Waals surface area contributed by atoms with Crippen molar-refractivity contribution in [3.8, 4) is 6.07 Å². The second-order valence-electron chi connectivity index (χ2n) is 5.96. The third-order valence-corrected chi connectivity index (χ3v) is 3.78. The fourth-order valence-electron chi connectivity index (χ4n) is 2.42. The van der Waals surface area contributed by atoms with Gasteiger partial charge in [-0.15, -0.1) is 0 Å². The molecular formula is C21H17N5O2. The average Bonchev–Trinajstić information content (AvgIpc) is 2.70. The second-order valence-corrected chi connectivity index (χ2v) is 5.96. The number of amides is 2. The summed E-state index contributed by atoms with van der Waals surface area (Å²) >= 11 is 0. The Morgan fingerprint density at radius 2 is 1.46 bits per heavy atom. The highest BCUT2D eigenvalue weighted by molar-refractivity contribution is 6.04. The molecule has 0 unspecified atom stereocenters. The lowest BCUT2D eigenvalue weighted by molar-refractivity contribution is -0.114. The number of carbonyl (C=O) groups excluding carboxylic acids is 2. The predicted molar refractivity (Wildman–Crippen MR) is 107 cm³/mol. The van der Waals surface area contributed by atoms with Crippen molar-refractivity contribution in [3.05, 3.63) is 78.0 Å². The molecule has 0 aliphatic carbocycles. The van der Waals surface area contributed by atoms with Crippen molar-refractivity contribution in [1.29, 1.82) is 5.26 Å². The van der Waals surface area contributed by atoms with Gasteiger partial charge in [0.15, 0.2) is 0 Å². The summed E-state index contributed by atoms with van der Waals surface area (Å²) in [6.45, 7) is 1.43. The van der Waals surface area contributed by atoms with Crippen LogP contribution in [0.25, 0.3) is 0 Å².